The van der Waals surface area contributed by atoms with E-state index in [-0.39, 0.29) is 0 Å². The SMILES string of the molecule is CCCC[C@@H](OS(C)(=O)=O)[C@H]1OC(C)(C)O[C@@H]1[C@@H](CCCC)OS(C)(=O)=O. The first-order valence-corrected chi connectivity index (χ1v) is 13.0. The van der Waals surface area contributed by atoms with Crippen molar-refractivity contribution in [3.63, 3.8) is 0 Å². The third kappa shape index (κ3) is 9.19. The molecule has 0 aromatic heterocycles. The van der Waals surface area contributed by atoms with Crippen LogP contribution in [0.1, 0.15) is 66.2 Å². The van der Waals surface area contributed by atoms with Crippen molar-refractivity contribution in [3.05, 3.63) is 0 Å². The van der Waals surface area contributed by atoms with Gasteiger partial charge in [0.1, 0.15) is 24.4 Å². The number of rotatable bonds is 12. The smallest absolute Gasteiger partial charge is 0.264 e. The van der Waals surface area contributed by atoms with Crippen molar-refractivity contribution in [1.29, 1.82) is 0 Å². The van der Waals surface area contributed by atoms with Crippen LogP contribution in [0.25, 0.3) is 0 Å². The number of hydrogen-bond acceptors (Lipinski definition) is 8. The molecule has 1 aliphatic rings. The minimum atomic E-state index is -3.72. The van der Waals surface area contributed by atoms with Crippen molar-refractivity contribution in [2.45, 2.75) is 96.4 Å². The Kier molecular flexibility index (Phi) is 9.15. The van der Waals surface area contributed by atoms with Gasteiger partial charge >= 0.3 is 0 Å². The van der Waals surface area contributed by atoms with E-state index in [9.17, 15) is 16.8 Å². The van der Waals surface area contributed by atoms with Gasteiger partial charge in [0.05, 0.1) is 12.5 Å². The summed E-state index contributed by atoms with van der Waals surface area (Å²) in [6.07, 6.45) is 2.97. The first-order valence-electron chi connectivity index (χ1n) is 9.40. The molecule has 0 amide bonds. The van der Waals surface area contributed by atoms with Crippen LogP contribution in [0.4, 0.5) is 0 Å². The zero-order chi connectivity index (χ0) is 20.9. The number of ether oxygens (including phenoxy) is 2. The minimum Gasteiger partial charge on any atom is -0.342 e. The Morgan fingerprint density at radius 2 is 1.15 bits per heavy atom. The molecule has 0 spiro atoms. The average Bonchev–Trinajstić information content (AvgIpc) is 2.81. The molecule has 0 aromatic rings. The molecular weight excluding hydrogens is 396 g/mol. The quantitative estimate of drug-likeness (QED) is 0.435. The molecule has 0 N–H and O–H groups in total. The molecule has 0 radical (unpaired) electrons. The molecule has 10 heteroatoms. The molecule has 8 nitrogen and oxygen atoms in total. The van der Waals surface area contributed by atoms with Gasteiger partial charge in [-0.25, -0.2) is 0 Å². The first-order chi connectivity index (χ1) is 12.3. The topological polar surface area (TPSA) is 105 Å². The zero-order valence-electron chi connectivity index (χ0n) is 17.1. The predicted octanol–water partition coefficient (Wildman–Crippen LogP) is 2.58. The van der Waals surface area contributed by atoms with Gasteiger partial charge in [-0.3, -0.25) is 8.37 Å². The maximum atomic E-state index is 11.8. The third-order valence-corrected chi connectivity index (χ3v) is 5.37. The molecule has 0 aliphatic carbocycles. The molecule has 1 aliphatic heterocycles. The standard InChI is InChI=1S/C17H34O8S2/c1-7-9-11-13(24-26(5,18)19)15-16(23-17(3,4)22-15)14(12-10-8-2)25-27(6,20)21/h13-16H,7-12H2,1-6H3/t13-,14-,15-,16-/m1/s1. The lowest BCUT2D eigenvalue weighted by atomic mass is 9.96. The van der Waals surface area contributed by atoms with Crippen molar-refractivity contribution in [3.8, 4) is 0 Å². The van der Waals surface area contributed by atoms with E-state index in [1.165, 1.54) is 0 Å². The highest BCUT2D eigenvalue weighted by molar-refractivity contribution is 7.86. The predicted molar refractivity (Wildman–Crippen MR) is 102 cm³/mol. The van der Waals surface area contributed by atoms with Gasteiger partial charge in [0.2, 0.25) is 0 Å². The van der Waals surface area contributed by atoms with Gasteiger partial charge in [-0.1, -0.05) is 39.5 Å². The highest BCUT2D eigenvalue weighted by atomic mass is 32.2. The van der Waals surface area contributed by atoms with E-state index >= 15 is 0 Å². The molecule has 162 valence electrons. The van der Waals surface area contributed by atoms with E-state index in [0.717, 1.165) is 38.2 Å². The van der Waals surface area contributed by atoms with Gasteiger partial charge in [-0.05, 0) is 26.7 Å². The Balaban J connectivity index is 3.19. The van der Waals surface area contributed by atoms with Crippen LogP contribution in [0.15, 0.2) is 0 Å². The van der Waals surface area contributed by atoms with Crippen molar-refractivity contribution in [2.75, 3.05) is 12.5 Å². The van der Waals surface area contributed by atoms with E-state index in [4.69, 9.17) is 17.8 Å². The van der Waals surface area contributed by atoms with Gasteiger partial charge in [-0.2, -0.15) is 16.8 Å². The molecule has 1 fully saturated rings. The monoisotopic (exact) mass is 430 g/mol. The molecule has 4 atom stereocenters. The molecule has 1 rings (SSSR count). The summed E-state index contributed by atoms with van der Waals surface area (Å²) in [5.41, 5.74) is 0. The second kappa shape index (κ2) is 9.98. The Hall–Kier alpha value is -0.260. The summed E-state index contributed by atoms with van der Waals surface area (Å²) in [7, 11) is -7.45. The van der Waals surface area contributed by atoms with E-state index in [2.05, 4.69) is 0 Å². The summed E-state index contributed by atoms with van der Waals surface area (Å²) in [5, 5.41) is 0. The maximum absolute atomic E-state index is 11.8. The normalized spacial score (nSPS) is 25.4. The summed E-state index contributed by atoms with van der Waals surface area (Å²) in [6.45, 7) is 7.38. The molecular formula is C17H34O8S2. The van der Waals surface area contributed by atoms with E-state index in [0.29, 0.717) is 12.8 Å². The van der Waals surface area contributed by atoms with Crippen LogP contribution in [0, 0.1) is 0 Å². The van der Waals surface area contributed by atoms with Gasteiger partial charge < -0.3 is 9.47 Å². The van der Waals surface area contributed by atoms with Gasteiger partial charge in [0.25, 0.3) is 20.2 Å². The van der Waals surface area contributed by atoms with Gasteiger partial charge in [-0.15, -0.1) is 0 Å². The van der Waals surface area contributed by atoms with Crippen molar-refractivity contribution < 1.29 is 34.7 Å². The van der Waals surface area contributed by atoms with Crippen molar-refractivity contribution >= 4 is 20.2 Å². The average molecular weight is 431 g/mol. The molecule has 27 heavy (non-hydrogen) atoms. The van der Waals surface area contributed by atoms with Crippen LogP contribution >= 0.6 is 0 Å². The van der Waals surface area contributed by atoms with Crippen LogP contribution in [-0.2, 0) is 38.1 Å². The van der Waals surface area contributed by atoms with Crippen LogP contribution in [0.2, 0.25) is 0 Å². The summed E-state index contributed by atoms with van der Waals surface area (Å²) in [4.78, 5) is 0. The van der Waals surface area contributed by atoms with Crippen LogP contribution in [-0.4, -0.2) is 59.6 Å². The largest absolute Gasteiger partial charge is 0.342 e. The highest BCUT2D eigenvalue weighted by Gasteiger charge is 2.50. The lowest BCUT2D eigenvalue weighted by molar-refractivity contribution is -0.158. The van der Waals surface area contributed by atoms with Gasteiger partial charge in [0.15, 0.2) is 5.79 Å². The van der Waals surface area contributed by atoms with E-state index < -0.39 is 50.4 Å². The van der Waals surface area contributed by atoms with Crippen LogP contribution in [0.5, 0.6) is 0 Å². The van der Waals surface area contributed by atoms with Crippen LogP contribution in [0.3, 0.4) is 0 Å². The molecule has 1 heterocycles. The van der Waals surface area contributed by atoms with Gasteiger partial charge in [0, 0.05) is 0 Å². The number of hydrogen-bond donors (Lipinski definition) is 0. The summed E-state index contributed by atoms with van der Waals surface area (Å²) < 4.78 is 69.5. The lowest BCUT2D eigenvalue weighted by Gasteiger charge is -2.30. The Morgan fingerprint density at radius 3 is 1.41 bits per heavy atom. The van der Waals surface area contributed by atoms with E-state index in [1.54, 1.807) is 13.8 Å². The fraction of sp³-hybridized carbons (Fsp3) is 1.00. The fourth-order valence-corrected chi connectivity index (χ4v) is 4.50. The molecule has 0 unspecified atom stereocenters. The third-order valence-electron chi connectivity index (χ3n) is 4.18. The van der Waals surface area contributed by atoms with Crippen molar-refractivity contribution in [2.24, 2.45) is 0 Å². The summed E-state index contributed by atoms with van der Waals surface area (Å²) >= 11 is 0. The minimum absolute atomic E-state index is 0.448. The number of unbranched alkanes of at least 4 members (excludes halogenated alkanes) is 2. The van der Waals surface area contributed by atoms with E-state index in [1.807, 2.05) is 13.8 Å². The van der Waals surface area contributed by atoms with Crippen molar-refractivity contribution in [1.82, 2.24) is 0 Å². The molecule has 0 bridgehead atoms. The Bertz CT molecular complexity index is 600. The molecule has 0 saturated carbocycles. The fourth-order valence-electron chi connectivity index (χ4n) is 3.19. The first kappa shape index (κ1) is 24.8. The Morgan fingerprint density at radius 1 is 0.815 bits per heavy atom. The molecule has 1 saturated heterocycles. The lowest BCUT2D eigenvalue weighted by Crippen LogP contribution is -2.45. The summed E-state index contributed by atoms with van der Waals surface area (Å²) in [6, 6.07) is 0. The summed E-state index contributed by atoms with van der Waals surface area (Å²) in [5.74, 6) is -1.01. The highest BCUT2D eigenvalue weighted by Crippen LogP contribution is 2.36. The van der Waals surface area contributed by atoms with Crippen LogP contribution < -0.4 is 0 Å². The Labute approximate surface area is 164 Å². The molecule has 0 aromatic carbocycles. The second-order valence-corrected chi connectivity index (χ2v) is 10.7. The zero-order valence-corrected chi connectivity index (χ0v) is 18.8. The second-order valence-electron chi connectivity index (χ2n) is 7.53. The maximum Gasteiger partial charge on any atom is 0.264 e.